The van der Waals surface area contributed by atoms with Crippen molar-refractivity contribution in [3.8, 4) is 11.5 Å². The second kappa shape index (κ2) is 14.2. The molecule has 1 aliphatic heterocycles. The zero-order valence-corrected chi connectivity index (χ0v) is 27.3. The van der Waals surface area contributed by atoms with Crippen molar-refractivity contribution in [2.24, 2.45) is 0 Å². The highest BCUT2D eigenvalue weighted by Gasteiger charge is 2.36. The number of carbonyl (C=O) groups is 4. The Morgan fingerprint density at radius 1 is 1.04 bits per heavy atom. The minimum Gasteiger partial charge on any atom is -0.493 e. The summed E-state index contributed by atoms with van der Waals surface area (Å²) in [5, 5.41) is 4.35. The molecule has 230 valence electrons. The van der Waals surface area contributed by atoms with Crippen LogP contribution < -0.4 is 14.8 Å². The van der Waals surface area contributed by atoms with Crippen LogP contribution in [0.2, 0.25) is 5.02 Å². The van der Waals surface area contributed by atoms with Crippen molar-refractivity contribution in [2.75, 3.05) is 25.6 Å². The van der Waals surface area contributed by atoms with E-state index in [-0.39, 0.29) is 27.8 Å². The number of hydrogen-bond acceptors (Lipinski definition) is 8. The molecule has 0 aliphatic carbocycles. The third-order valence-corrected chi connectivity index (χ3v) is 8.55. The van der Waals surface area contributed by atoms with E-state index in [1.165, 1.54) is 25.3 Å². The van der Waals surface area contributed by atoms with Gasteiger partial charge in [0.1, 0.15) is 13.2 Å². The smallest absolute Gasteiger partial charge is 0.339 e. The zero-order chi connectivity index (χ0) is 32.1. The molecule has 0 aromatic heterocycles. The van der Waals surface area contributed by atoms with Crippen molar-refractivity contribution in [2.45, 2.75) is 13.5 Å². The molecule has 45 heavy (non-hydrogen) atoms. The number of nitrogens with zero attached hydrogens (tertiary/aromatic N) is 1. The lowest BCUT2D eigenvalue weighted by atomic mass is 10.1. The van der Waals surface area contributed by atoms with Crippen LogP contribution in [0.4, 0.5) is 10.5 Å². The molecular formula is C33H26BrClN2O7S. The molecule has 0 radical (unpaired) electrons. The van der Waals surface area contributed by atoms with E-state index in [1.807, 2.05) is 42.5 Å². The molecule has 1 aliphatic rings. The monoisotopic (exact) mass is 708 g/mol. The van der Waals surface area contributed by atoms with Gasteiger partial charge in [-0.15, -0.1) is 0 Å². The molecule has 0 saturated carbocycles. The van der Waals surface area contributed by atoms with Crippen LogP contribution in [0.3, 0.4) is 0 Å². The number of benzene rings is 4. The van der Waals surface area contributed by atoms with Crippen LogP contribution in [0, 0.1) is 0 Å². The highest BCUT2D eigenvalue weighted by Crippen LogP contribution is 2.40. The van der Waals surface area contributed by atoms with Crippen LogP contribution in [-0.4, -0.2) is 48.2 Å². The van der Waals surface area contributed by atoms with Crippen LogP contribution in [0.15, 0.2) is 82.2 Å². The van der Waals surface area contributed by atoms with Crippen LogP contribution in [0.1, 0.15) is 28.4 Å². The Kier molecular flexibility index (Phi) is 10.1. The largest absolute Gasteiger partial charge is 0.493 e. The van der Waals surface area contributed by atoms with Crippen LogP contribution in [0.5, 0.6) is 11.5 Å². The summed E-state index contributed by atoms with van der Waals surface area (Å²) >= 11 is 10.4. The van der Waals surface area contributed by atoms with Gasteiger partial charge in [-0.25, -0.2) is 4.79 Å². The van der Waals surface area contributed by atoms with Gasteiger partial charge in [0.25, 0.3) is 11.1 Å². The SMILES string of the molecule is CCOC(=O)c1cc(NC(=O)CN2C(=O)S/C(=C/c3cc(Br)c(OCc4cccc5ccccc45)c(OC)c3)C2=O)ccc1Cl. The summed E-state index contributed by atoms with van der Waals surface area (Å²) in [5.74, 6) is -0.967. The van der Waals surface area contributed by atoms with E-state index >= 15 is 0 Å². The highest BCUT2D eigenvalue weighted by atomic mass is 79.9. The number of rotatable bonds is 10. The molecule has 4 aromatic rings. The molecule has 12 heteroatoms. The van der Waals surface area contributed by atoms with Crippen LogP contribution in [0.25, 0.3) is 16.8 Å². The summed E-state index contributed by atoms with van der Waals surface area (Å²) in [6.45, 7) is 1.60. The Morgan fingerprint density at radius 3 is 2.60 bits per heavy atom. The maximum absolute atomic E-state index is 13.1. The van der Waals surface area contributed by atoms with E-state index < -0.39 is 29.6 Å². The molecule has 0 atom stereocenters. The van der Waals surface area contributed by atoms with Gasteiger partial charge in [0.05, 0.1) is 33.7 Å². The number of fused-ring (bicyclic) bond motifs is 1. The van der Waals surface area contributed by atoms with Gasteiger partial charge in [-0.2, -0.15) is 0 Å². The molecule has 9 nitrogen and oxygen atoms in total. The Hall–Kier alpha value is -4.32. The molecule has 1 fully saturated rings. The van der Waals surface area contributed by atoms with Gasteiger partial charge in [0.2, 0.25) is 5.91 Å². The number of ether oxygens (including phenoxy) is 3. The molecule has 0 spiro atoms. The number of carbonyl (C=O) groups excluding carboxylic acids is 4. The quantitative estimate of drug-likeness (QED) is 0.132. The Bertz CT molecular complexity index is 1860. The van der Waals surface area contributed by atoms with Gasteiger partial charge < -0.3 is 19.5 Å². The molecule has 4 aromatic carbocycles. The van der Waals surface area contributed by atoms with Gasteiger partial charge >= 0.3 is 5.97 Å². The van der Waals surface area contributed by atoms with E-state index in [2.05, 4.69) is 21.2 Å². The lowest BCUT2D eigenvalue weighted by molar-refractivity contribution is -0.127. The zero-order valence-electron chi connectivity index (χ0n) is 24.1. The van der Waals surface area contributed by atoms with Gasteiger partial charge in [-0.3, -0.25) is 19.3 Å². The van der Waals surface area contributed by atoms with Crippen LogP contribution in [-0.2, 0) is 20.9 Å². The first-order valence-corrected chi connectivity index (χ1v) is 15.7. The number of anilines is 1. The predicted molar refractivity (Wildman–Crippen MR) is 178 cm³/mol. The average Bonchev–Trinajstić information content (AvgIpc) is 3.28. The van der Waals surface area contributed by atoms with E-state index in [0.29, 0.717) is 28.1 Å². The standard InChI is InChI=1S/C33H26BrClN2O7S/c1-3-43-32(40)24-16-22(11-12-26(24)35)36-29(38)17-37-31(39)28(45-33(37)41)15-19-13-25(34)30(27(14-19)42-2)44-18-21-9-6-8-20-7-4-5-10-23(20)21/h4-16H,3,17-18H2,1-2H3,(H,36,38)/b28-15+. The maximum Gasteiger partial charge on any atom is 0.339 e. The Balaban J connectivity index is 1.28. The molecular weight excluding hydrogens is 684 g/mol. The molecule has 3 amide bonds. The number of methoxy groups -OCH3 is 1. The fourth-order valence-electron chi connectivity index (χ4n) is 4.63. The number of nitrogens with one attached hydrogen (secondary N) is 1. The Labute approximate surface area is 276 Å². The topological polar surface area (TPSA) is 111 Å². The number of amides is 3. The van der Waals surface area contributed by atoms with Crippen LogP contribution >= 0.6 is 39.3 Å². The lowest BCUT2D eigenvalue weighted by Gasteiger charge is -2.15. The third kappa shape index (κ3) is 7.33. The Morgan fingerprint density at radius 2 is 1.82 bits per heavy atom. The van der Waals surface area contributed by atoms with Gasteiger partial charge in [0, 0.05) is 5.69 Å². The molecule has 5 rings (SSSR count). The molecule has 1 heterocycles. The first-order chi connectivity index (χ1) is 21.7. The summed E-state index contributed by atoms with van der Waals surface area (Å²) in [7, 11) is 1.51. The average molecular weight is 710 g/mol. The highest BCUT2D eigenvalue weighted by molar-refractivity contribution is 9.10. The van der Waals surface area contributed by atoms with E-state index in [9.17, 15) is 19.2 Å². The summed E-state index contributed by atoms with van der Waals surface area (Å²) in [4.78, 5) is 51.7. The number of esters is 1. The fourth-order valence-corrected chi connectivity index (χ4v) is 6.24. The summed E-state index contributed by atoms with van der Waals surface area (Å²) < 4.78 is 17.3. The van der Waals surface area contributed by atoms with Crippen molar-refractivity contribution >= 4 is 84.9 Å². The normalized spacial score (nSPS) is 13.8. The molecule has 0 unspecified atom stereocenters. The first-order valence-electron chi connectivity index (χ1n) is 13.7. The van der Waals surface area contributed by atoms with E-state index in [1.54, 1.807) is 25.1 Å². The second-order valence-electron chi connectivity index (χ2n) is 9.69. The van der Waals surface area contributed by atoms with Gasteiger partial charge in [-0.1, -0.05) is 54.1 Å². The molecule has 0 bridgehead atoms. The summed E-state index contributed by atoms with van der Waals surface area (Å²) in [6.07, 6.45) is 1.55. The molecule has 1 N–H and O–H groups in total. The van der Waals surface area contributed by atoms with Gasteiger partial charge in [0.15, 0.2) is 11.5 Å². The summed E-state index contributed by atoms with van der Waals surface area (Å²) in [6, 6.07) is 21.8. The van der Waals surface area contributed by atoms with Crippen molar-refractivity contribution < 1.29 is 33.4 Å². The predicted octanol–water partition coefficient (Wildman–Crippen LogP) is 7.70. The van der Waals surface area contributed by atoms with Crippen molar-refractivity contribution in [3.63, 3.8) is 0 Å². The van der Waals surface area contributed by atoms with Gasteiger partial charge in [-0.05, 0) is 92.9 Å². The van der Waals surface area contributed by atoms with E-state index in [0.717, 1.165) is 33.0 Å². The maximum atomic E-state index is 13.1. The van der Waals surface area contributed by atoms with E-state index in [4.69, 9.17) is 25.8 Å². The first kappa shape index (κ1) is 32.1. The second-order valence-corrected chi connectivity index (χ2v) is 11.9. The summed E-state index contributed by atoms with van der Waals surface area (Å²) in [5.41, 5.74) is 1.94. The minimum atomic E-state index is -0.637. The van der Waals surface area contributed by atoms with Crippen molar-refractivity contribution in [3.05, 3.63) is 104 Å². The lowest BCUT2D eigenvalue weighted by Crippen LogP contribution is -2.36. The third-order valence-electron chi connectivity index (χ3n) is 6.72. The number of halogens is 2. The van der Waals surface area contributed by atoms with Crippen molar-refractivity contribution in [1.29, 1.82) is 0 Å². The minimum absolute atomic E-state index is 0.0805. The number of thioether (sulfide) groups is 1. The fraction of sp³-hybridized carbons (Fsp3) is 0.152. The number of imide groups is 1. The molecule has 1 saturated heterocycles. The van der Waals surface area contributed by atoms with Crippen molar-refractivity contribution in [1.82, 2.24) is 4.90 Å². The number of hydrogen-bond donors (Lipinski definition) is 1.